The van der Waals surface area contributed by atoms with Crippen molar-refractivity contribution in [3.8, 4) is 22.3 Å². The summed E-state index contributed by atoms with van der Waals surface area (Å²) in [6.45, 7) is 1.89. The minimum Gasteiger partial charge on any atom is -0.477 e. The SMILES string of the molecule is Cc1ccc(-c2c(C(=O)O)sc3c(-c4ccc(C(F)(F)F)cc4)c(C(=O)O)sc23)cc1. The van der Waals surface area contributed by atoms with Crippen molar-refractivity contribution in [2.75, 3.05) is 0 Å². The molecule has 158 valence electrons. The normalized spacial score (nSPS) is 11.7. The molecule has 9 heteroatoms. The third kappa shape index (κ3) is 3.70. The summed E-state index contributed by atoms with van der Waals surface area (Å²) in [5.74, 6) is -2.38. The molecule has 0 unspecified atom stereocenters. The Bertz CT molecular complexity index is 1310. The quantitative estimate of drug-likeness (QED) is 0.342. The van der Waals surface area contributed by atoms with Crippen molar-refractivity contribution in [3.05, 3.63) is 69.4 Å². The summed E-state index contributed by atoms with van der Waals surface area (Å²) in [6, 6.07) is 11.4. The van der Waals surface area contributed by atoms with Gasteiger partial charge in [0.1, 0.15) is 9.75 Å². The molecular formula is C22H13F3O4S2. The Balaban J connectivity index is 2.01. The average molecular weight is 462 g/mol. The van der Waals surface area contributed by atoms with Crippen LogP contribution in [0.25, 0.3) is 31.7 Å². The molecule has 4 rings (SSSR count). The molecular weight excluding hydrogens is 449 g/mol. The van der Waals surface area contributed by atoms with Crippen molar-refractivity contribution in [2.45, 2.75) is 13.1 Å². The Morgan fingerprint density at radius 3 is 1.48 bits per heavy atom. The zero-order valence-corrected chi connectivity index (χ0v) is 17.4. The molecule has 2 N–H and O–H groups in total. The highest BCUT2D eigenvalue weighted by Gasteiger charge is 2.31. The largest absolute Gasteiger partial charge is 0.477 e. The Labute approximate surface area is 181 Å². The number of benzene rings is 2. The number of alkyl halides is 3. The first-order valence-electron chi connectivity index (χ1n) is 8.88. The lowest BCUT2D eigenvalue weighted by molar-refractivity contribution is -0.137. The lowest BCUT2D eigenvalue weighted by atomic mass is 10.0. The predicted octanol–water partition coefficient (Wildman–Crippen LogP) is 7.02. The van der Waals surface area contributed by atoms with Gasteiger partial charge in [-0.15, -0.1) is 22.7 Å². The van der Waals surface area contributed by atoms with Crippen molar-refractivity contribution < 1.29 is 33.0 Å². The molecule has 2 aromatic carbocycles. The monoisotopic (exact) mass is 462 g/mol. The molecule has 0 saturated heterocycles. The molecule has 0 saturated carbocycles. The van der Waals surface area contributed by atoms with E-state index in [1.807, 2.05) is 19.1 Å². The second kappa shape index (κ2) is 7.51. The molecule has 4 aromatic rings. The number of thiophene rings is 2. The summed E-state index contributed by atoms with van der Waals surface area (Å²) in [5.41, 5.74) is 1.69. The zero-order valence-electron chi connectivity index (χ0n) is 15.8. The summed E-state index contributed by atoms with van der Waals surface area (Å²) in [7, 11) is 0. The molecule has 2 aromatic heterocycles. The maximum Gasteiger partial charge on any atom is 0.416 e. The van der Waals surface area contributed by atoms with Gasteiger partial charge in [-0.05, 0) is 30.2 Å². The van der Waals surface area contributed by atoms with Crippen molar-refractivity contribution >= 4 is 44.0 Å². The predicted molar refractivity (Wildman–Crippen MR) is 114 cm³/mol. The molecule has 0 aliphatic carbocycles. The molecule has 31 heavy (non-hydrogen) atoms. The van der Waals surface area contributed by atoms with Gasteiger partial charge in [0.2, 0.25) is 0 Å². The van der Waals surface area contributed by atoms with Gasteiger partial charge in [0, 0.05) is 11.1 Å². The lowest BCUT2D eigenvalue weighted by Crippen LogP contribution is -2.04. The van der Waals surface area contributed by atoms with Gasteiger partial charge in [0.05, 0.1) is 15.0 Å². The number of aromatic carboxylic acids is 2. The van der Waals surface area contributed by atoms with E-state index in [1.165, 1.54) is 12.1 Å². The van der Waals surface area contributed by atoms with Gasteiger partial charge < -0.3 is 10.2 Å². The first-order chi connectivity index (χ1) is 14.6. The van der Waals surface area contributed by atoms with Crippen LogP contribution in [-0.4, -0.2) is 22.2 Å². The second-order valence-electron chi connectivity index (χ2n) is 6.82. The van der Waals surface area contributed by atoms with E-state index < -0.39 is 23.7 Å². The third-order valence-electron chi connectivity index (χ3n) is 4.75. The minimum absolute atomic E-state index is 0.0497. The van der Waals surface area contributed by atoms with Crippen molar-refractivity contribution in [3.63, 3.8) is 0 Å². The van der Waals surface area contributed by atoms with Crippen LogP contribution in [0.1, 0.15) is 30.5 Å². The molecule has 0 bridgehead atoms. The number of carboxylic acid groups (broad SMARTS) is 2. The van der Waals surface area contributed by atoms with Crippen LogP contribution in [0.15, 0.2) is 48.5 Å². The highest BCUT2D eigenvalue weighted by Crippen LogP contribution is 2.49. The summed E-state index contributed by atoms with van der Waals surface area (Å²) in [4.78, 5) is 23.8. The molecule has 2 heterocycles. The van der Waals surface area contributed by atoms with E-state index in [1.54, 1.807) is 12.1 Å². The fourth-order valence-electron chi connectivity index (χ4n) is 3.31. The Morgan fingerprint density at radius 2 is 1.13 bits per heavy atom. The van der Waals surface area contributed by atoms with Crippen LogP contribution >= 0.6 is 22.7 Å². The smallest absolute Gasteiger partial charge is 0.416 e. The van der Waals surface area contributed by atoms with Crippen LogP contribution in [-0.2, 0) is 6.18 Å². The molecule has 0 radical (unpaired) electrons. The van der Waals surface area contributed by atoms with Gasteiger partial charge in [0.25, 0.3) is 0 Å². The summed E-state index contributed by atoms with van der Waals surface area (Å²) >= 11 is 1.85. The molecule has 0 aliphatic rings. The van der Waals surface area contributed by atoms with Gasteiger partial charge in [0.15, 0.2) is 0 Å². The zero-order chi connectivity index (χ0) is 22.5. The maximum atomic E-state index is 12.9. The van der Waals surface area contributed by atoms with Gasteiger partial charge in [-0.3, -0.25) is 0 Å². The molecule has 4 nitrogen and oxygen atoms in total. The molecule has 0 fully saturated rings. The topological polar surface area (TPSA) is 74.6 Å². The van der Waals surface area contributed by atoms with E-state index in [-0.39, 0.29) is 20.9 Å². The number of carboxylic acids is 2. The lowest BCUT2D eigenvalue weighted by Gasteiger charge is -2.07. The van der Waals surface area contributed by atoms with E-state index in [0.29, 0.717) is 20.5 Å². The Morgan fingerprint density at radius 1 is 0.742 bits per heavy atom. The summed E-state index contributed by atoms with van der Waals surface area (Å²) < 4.78 is 39.7. The number of rotatable bonds is 4. The highest BCUT2D eigenvalue weighted by molar-refractivity contribution is 7.31. The van der Waals surface area contributed by atoms with Gasteiger partial charge in [-0.1, -0.05) is 42.0 Å². The van der Waals surface area contributed by atoms with Crippen molar-refractivity contribution in [1.29, 1.82) is 0 Å². The number of hydrogen-bond donors (Lipinski definition) is 2. The second-order valence-corrected chi connectivity index (χ2v) is 8.86. The van der Waals surface area contributed by atoms with E-state index in [4.69, 9.17) is 0 Å². The third-order valence-corrected chi connectivity index (χ3v) is 7.27. The number of halogens is 3. The van der Waals surface area contributed by atoms with E-state index in [9.17, 15) is 33.0 Å². The Hall–Kier alpha value is -3.17. The van der Waals surface area contributed by atoms with Crippen LogP contribution in [0.3, 0.4) is 0 Å². The van der Waals surface area contributed by atoms with Crippen molar-refractivity contribution in [1.82, 2.24) is 0 Å². The van der Waals surface area contributed by atoms with E-state index >= 15 is 0 Å². The number of fused-ring (bicyclic) bond motifs is 1. The summed E-state index contributed by atoms with van der Waals surface area (Å²) in [5, 5.41) is 19.5. The van der Waals surface area contributed by atoms with E-state index in [2.05, 4.69) is 0 Å². The van der Waals surface area contributed by atoms with Crippen LogP contribution in [0, 0.1) is 6.92 Å². The molecule has 0 amide bonds. The molecule has 0 aliphatic heterocycles. The standard InChI is InChI=1S/C22H13F3O4S2/c1-10-2-4-11(5-3-10)14-16-17(31-18(14)20(26)27)15(19(30-16)21(28)29)12-6-8-13(9-7-12)22(23,24)25/h2-9H,1H3,(H,26,27)(H,28,29). The number of aryl methyl sites for hydroxylation is 1. The fourth-order valence-corrected chi connectivity index (χ4v) is 5.95. The van der Waals surface area contributed by atoms with Crippen LogP contribution in [0.4, 0.5) is 13.2 Å². The Kier molecular flexibility index (Phi) is 5.10. The fraction of sp³-hybridized carbons (Fsp3) is 0.0909. The van der Waals surface area contributed by atoms with Gasteiger partial charge in [-0.25, -0.2) is 9.59 Å². The number of hydrogen-bond acceptors (Lipinski definition) is 4. The number of carbonyl (C=O) groups is 2. The first kappa shape index (κ1) is 21.1. The minimum atomic E-state index is -4.52. The highest BCUT2D eigenvalue weighted by atomic mass is 32.1. The van der Waals surface area contributed by atoms with Crippen molar-refractivity contribution in [2.24, 2.45) is 0 Å². The van der Waals surface area contributed by atoms with Gasteiger partial charge in [-0.2, -0.15) is 13.2 Å². The molecule has 0 atom stereocenters. The van der Waals surface area contributed by atoms with Crippen LogP contribution in [0.2, 0.25) is 0 Å². The first-order valence-corrected chi connectivity index (χ1v) is 10.5. The van der Waals surface area contributed by atoms with Gasteiger partial charge >= 0.3 is 18.1 Å². The van der Waals surface area contributed by atoms with Crippen LogP contribution < -0.4 is 0 Å². The average Bonchev–Trinajstić information content (AvgIpc) is 3.24. The summed E-state index contributed by atoms with van der Waals surface area (Å²) in [6.07, 6.45) is -4.52. The van der Waals surface area contributed by atoms with E-state index in [0.717, 1.165) is 40.4 Å². The molecule has 0 spiro atoms. The maximum absolute atomic E-state index is 12.9. The van der Waals surface area contributed by atoms with Crippen LogP contribution in [0.5, 0.6) is 0 Å².